The van der Waals surface area contributed by atoms with Gasteiger partial charge in [0.25, 0.3) is 10.0 Å². The zero-order chi connectivity index (χ0) is 27.7. The number of nitrogens with zero attached hydrogens (tertiary/aromatic N) is 2. The minimum atomic E-state index is -4.17. The van der Waals surface area contributed by atoms with Crippen LogP contribution in [0.15, 0.2) is 83.8 Å². The average molecular weight is 540 g/mol. The number of carbonyl (C=O) groups is 2. The number of benzene rings is 3. The highest BCUT2D eigenvalue weighted by molar-refractivity contribution is 7.92. The van der Waals surface area contributed by atoms with E-state index in [4.69, 9.17) is 9.47 Å². The number of nitrogens with one attached hydrogen (secondary N) is 1. The molecule has 38 heavy (non-hydrogen) atoms. The van der Waals surface area contributed by atoms with Crippen molar-refractivity contribution in [3.8, 4) is 11.5 Å². The largest absolute Gasteiger partial charge is 0.493 e. The van der Waals surface area contributed by atoms with Crippen molar-refractivity contribution in [2.45, 2.75) is 30.8 Å². The fourth-order valence-corrected chi connectivity index (χ4v) is 5.52. The third-order valence-electron chi connectivity index (χ3n) is 6.09. The second-order valence-electron chi connectivity index (χ2n) is 8.41. The molecule has 3 aromatic carbocycles. The number of methoxy groups -OCH3 is 2. The van der Waals surface area contributed by atoms with Gasteiger partial charge in [0.1, 0.15) is 12.6 Å². The molecule has 0 saturated carbocycles. The molecule has 3 rings (SSSR count). The summed E-state index contributed by atoms with van der Waals surface area (Å²) in [6, 6.07) is 21.0. The summed E-state index contributed by atoms with van der Waals surface area (Å²) in [7, 11) is 0.257. The predicted octanol–water partition coefficient (Wildman–Crippen LogP) is 3.45. The Bertz CT molecular complexity index is 1330. The number of carbonyl (C=O) groups excluding carboxylic acids is 2. The predicted molar refractivity (Wildman–Crippen MR) is 146 cm³/mol. The van der Waals surface area contributed by atoms with E-state index in [0.29, 0.717) is 17.9 Å². The summed E-state index contributed by atoms with van der Waals surface area (Å²) >= 11 is 0. The molecular weight excluding hydrogens is 506 g/mol. The van der Waals surface area contributed by atoms with Gasteiger partial charge in [0.05, 0.1) is 24.8 Å². The van der Waals surface area contributed by atoms with Crippen molar-refractivity contribution in [2.75, 3.05) is 32.1 Å². The third-order valence-corrected chi connectivity index (χ3v) is 7.88. The Morgan fingerprint density at radius 3 is 2.05 bits per heavy atom. The second-order valence-corrected chi connectivity index (χ2v) is 10.3. The number of ether oxygens (including phenoxy) is 2. The summed E-state index contributed by atoms with van der Waals surface area (Å²) in [6.07, 6.45) is 0.347. The Labute approximate surface area is 224 Å². The fraction of sp³-hybridized carbons (Fsp3) is 0.286. The highest BCUT2D eigenvalue weighted by Crippen LogP contribution is 2.34. The van der Waals surface area contributed by atoms with Crippen LogP contribution in [-0.2, 0) is 26.2 Å². The lowest BCUT2D eigenvalue weighted by Gasteiger charge is -2.33. The lowest BCUT2D eigenvalue weighted by atomic mass is 10.1. The molecule has 0 spiro atoms. The molecule has 0 aliphatic carbocycles. The fourth-order valence-electron chi connectivity index (χ4n) is 4.09. The van der Waals surface area contributed by atoms with E-state index < -0.39 is 28.5 Å². The Morgan fingerprint density at radius 1 is 0.895 bits per heavy atom. The van der Waals surface area contributed by atoms with Gasteiger partial charge in [0.15, 0.2) is 11.5 Å². The normalized spacial score (nSPS) is 11.8. The van der Waals surface area contributed by atoms with Crippen LogP contribution in [0.1, 0.15) is 18.9 Å². The third kappa shape index (κ3) is 6.44. The van der Waals surface area contributed by atoms with Gasteiger partial charge in [0, 0.05) is 19.7 Å². The van der Waals surface area contributed by atoms with Crippen molar-refractivity contribution in [1.29, 1.82) is 0 Å². The number of hydrogen-bond acceptors (Lipinski definition) is 6. The molecule has 202 valence electrons. The van der Waals surface area contributed by atoms with Crippen LogP contribution in [-0.4, -0.2) is 59.0 Å². The molecule has 0 radical (unpaired) electrons. The zero-order valence-electron chi connectivity index (χ0n) is 22.0. The first-order valence-electron chi connectivity index (χ1n) is 12.1. The lowest BCUT2D eigenvalue weighted by Crippen LogP contribution is -2.51. The molecule has 0 heterocycles. The maximum Gasteiger partial charge on any atom is 0.264 e. The van der Waals surface area contributed by atoms with Gasteiger partial charge in [-0.05, 0) is 36.2 Å². The number of sulfonamides is 1. The van der Waals surface area contributed by atoms with Gasteiger partial charge < -0.3 is 19.7 Å². The van der Waals surface area contributed by atoms with Crippen LogP contribution in [0.3, 0.4) is 0 Å². The highest BCUT2D eigenvalue weighted by atomic mass is 32.2. The second kappa shape index (κ2) is 13.0. The molecule has 0 fully saturated rings. The summed E-state index contributed by atoms with van der Waals surface area (Å²) in [5.74, 6) is -0.140. The molecule has 0 aliphatic rings. The molecule has 9 nitrogen and oxygen atoms in total. The van der Waals surface area contributed by atoms with E-state index in [2.05, 4.69) is 5.32 Å². The summed E-state index contributed by atoms with van der Waals surface area (Å²) in [5, 5.41) is 2.61. The quantitative estimate of drug-likeness (QED) is 0.378. The van der Waals surface area contributed by atoms with Crippen molar-refractivity contribution in [3.63, 3.8) is 0 Å². The minimum absolute atomic E-state index is 0.0236. The van der Waals surface area contributed by atoms with Crippen molar-refractivity contribution in [2.24, 2.45) is 0 Å². The summed E-state index contributed by atoms with van der Waals surface area (Å²) in [4.78, 5) is 28.1. The number of anilines is 1. The molecule has 10 heteroatoms. The molecule has 0 unspecified atom stereocenters. The summed E-state index contributed by atoms with van der Waals surface area (Å²) in [5.41, 5.74) is 1.03. The van der Waals surface area contributed by atoms with E-state index in [1.807, 2.05) is 30.3 Å². The molecule has 0 bridgehead atoms. The molecule has 3 aromatic rings. The van der Waals surface area contributed by atoms with E-state index in [-0.39, 0.29) is 23.0 Å². The maximum atomic E-state index is 13.9. The topological polar surface area (TPSA) is 105 Å². The van der Waals surface area contributed by atoms with Crippen molar-refractivity contribution >= 4 is 27.5 Å². The van der Waals surface area contributed by atoms with E-state index in [1.54, 1.807) is 37.3 Å². The van der Waals surface area contributed by atoms with Crippen molar-refractivity contribution in [3.05, 3.63) is 84.4 Å². The van der Waals surface area contributed by atoms with E-state index >= 15 is 0 Å². The molecule has 2 amide bonds. The van der Waals surface area contributed by atoms with Crippen LogP contribution in [0, 0.1) is 0 Å². The molecular formula is C28H33N3O6S. The molecule has 0 saturated heterocycles. The van der Waals surface area contributed by atoms with Crippen LogP contribution in [0.5, 0.6) is 11.5 Å². The lowest BCUT2D eigenvalue weighted by molar-refractivity contribution is -0.140. The van der Waals surface area contributed by atoms with Crippen LogP contribution < -0.4 is 19.1 Å². The van der Waals surface area contributed by atoms with Crippen molar-refractivity contribution in [1.82, 2.24) is 10.2 Å². The molecule has 0 aliphatic heterocycles. The maximum absolute atomic E-state index is 13.9. The Kier molecular flexibility index (Phi) is 9.72. The first kappa shape index (κ1) is 28.5. The molecule has 1 N–H and O–H groups in total. The number of likely N-dealkylation sites (N-methyl/N-ethyl adjacent to an activating group) is 1. The number of hydrogen-bond donors (Lipinski definition) is 1. The van der Waals surface area contributed by atoms with Gasteiger partial charge in [-0.3, -0.25) is 13.9 Å². The van der Waals surface area contributed by atoms with Gasteiger partial charge in [-0.15, -0.1) is 0 Å². The first-order valence-corrected chi connectivity index (χ1v) is 13.6. The molecule has 1 atom stereocenters. The van der Waals surface area contributed by atoms with Crippen LogP contribution in [0.25, 0.3) is 0 Å². The van der Waals surface area contributed by atoms with Gasteiger partial charge in [-0.25, -0.2) is 8.42 Å². The minimum Gasteiger partial charge on any atom is -0.493 e. The Morgan fingerprint density at radius 2 is 1.50 bits per heavy atom. The zero-order valence-corrected chi connectivity index (χ0v) is 22.8. The summed E-state index contributed by atoms with van der Waals surface area (Å²) < 4.78 is 39.4. The van der Waals surface area contributed by atoms with E-state index in [1.165, 1.54) is 44.4 Å². The van der Waals surface area contributed by atoms with E-state index in [9.17, 15) is 18.0 Å². The number of amides is 2. The van der Waals surface area contributed by atoms with Crippen molar-refractivity contribution < 1.29 is 27.5 Å². The van der Waals surface area contributed by atoms with Gasteiger partial charge in [-0.2, -0.15) is 0 Å². The van der Waals surface area contributed by atoms with E-state index in [0.717, 1.165) is 9.87 Å². The average Bonchev–Trinajstić information content (AvgIpc) is 2.95. The summed E-state index contributed by atoms with van der Waals surface area (Å²) in [6.45, 7) is 1.40. The van der Waals surface area contributed by atoms with Gasteiger partial charge in [-0.1, -0.05) is 55.5 Å². The standard InChI is InChI=1S/C28H33N3O6S/c1-5-24(28(33)29-2)30(19-21-12-8-6-9-13-21)27(32)20-31(38(34,35)23-14-10-7-11-15-23)22-16-17-25(36-3)26(18-22)37-4/h6-18,24H,5,19-20H2,1-4H3,(H,29,33)/t24-/m1/s1. The van der Waals surface area contributed by atoms with Gasteiger partial charge >= 0.3 is 0 Å². The number of rotatable bonds is 12. The molecule has 0 aromatic heterocycles. The van der Waals surface area contributed by atoms with Crippen LogP contribution in [0.2, 0.25) is 0 Å². The van der Waals surface area contributed by atoms with Gasteiger partial charge in [0.2, 0.25) is 11.8 Å². The monoisotopic (exact) mass is 539 g/mol. The smallest absolute Gasteiger partial charge is 0.264 e. The first-order chi connectivity index (χ1) is 18.3. The Hall–Kier alpha value is -4.05. The SMILES string of the molecule is CC[C@H](C(=O)NC)N(Cc1ccccc1)C(=O)CN(c1ccc(OC)c(OC)c1)S(=O)(=O)c1ccccc1. The highest BCUT2D eigenvalue weighted by Gasteiger charge is 2.33. The van der Waals surface area contributed by atoms with Crippen LogP contribution in [0.4, 0.5) is 5.69 Å². The Balaban J connectivity index is 2.09. The van der Waals surface area contributed by atoms with Crippen LogP contribution >= 0.6 is 0 Å².